The van der Waals surface area contributed by atoms with Gasteiger partial charge in [0.2, 0.25) is 11.8 Å². The third-order valence-corrected chi connectivity index (χ3v) is 5.78. The second-order valence-electron chi connectivity index (χ2n) is 6.68. The molecule has 0 atom stereocenters. The van der Waals surface area contributed by atoms with E-state index in [2.05, 4.69) is 20.8 Å². The summed E-state index contributed by atoms with van der Waals surface area (Å²) >= 11 is 7.35. The van der Waals surface area contributed by atoms with Gasteiger partial charge in [-0.25, -0.2) is 0 Å². The molecule has 0 saturated heterocycles. The molecule has 2 amide bonds. The predicted octanol–water partition coefficient (Wildman–Crippen LogP) is 3.84. The molecule has 0 radical (unpaired) electrons. The SMILES string of the molecule is Cc1ccccc1NC(=O)CSc1nnc(CNC(=O)C=Cc2ccccc2Cl)n1C. The van der Waals surface area contributed by atoms with Gasteiger partial charge in [-0.05, 0) is 36.3 Å². The molecule has 1 heterocycles. The van der Waals surface area contributed by atoms with E-state index >= 15 is 0 Å². The van der Waals surface area contributed by atoms with Gasteiger partial charge in [-0.3, -0.25) is 9.59 Å². The van der Waals surface area contributed by atoms with Crippen LogP contribution in [0.2, 0.25) is 5.02 Å². The lowest BCUT2D eigenvalue weighted by atomic mass is 10.2. The van der Waals surface area contributed by atoms with Crippen molar-refractivity contribution in [1.29, 1.82) is 0 Å². The van der Waals surface area contributed by atoms with Gasteiger partial charge >= 0.3 is 0 Å². The van der Waals surface area contributed by atoms with Gasteiger partial charge in [0.05, 0.1) is 12.3 Å². The molecule has 2 N–H and O–H groups in total. The van der Waals surface area contributed by atoms with E-state index in [1.165, 1.54) is 17.8 Å². The normalized spacial score (nSPS) is 10.9. The summed E-state index contributed by atoms with van der Waals surface area (Å²) in [7, 11) is 1.79. The van der Waals surface area contributed by atoms with Crippen molar-refractivity contribution in [2.75, 3.05) is 11.1 Å². The molecule has 2 aromatic carbocycles. The molecule has 0 aliphatic heterocycles. The first-order chi connectivity index (χ1) is 14.9. The summed E-state index contributed by atoms with van der Waals surface area (Å²) in [5.74, 6) is 0.394. The third-order valence-electron chi connectivity index (χ3n) is 4.42. The van der Waals surface area contributed by atoms with E-state index in [-0.39, 0.29) is 24.1 Å². The Morgan fingerprint density at radius 2 is 1.87 bits per heavy atom. The Kier molecular flexibility index (Phi) is 7.86. The first-order valence-corrected chi connectivity index (χ1v) is 10.9. The Morgan fingerprint density at radius 1 is 1.13 bits per heavy atom. The summed E-state index contributed by atoms with van der Waals surface area (Å²) in [5.41, 5.74) is 2.56. The van der Waals surface area contributed by atoms with E-state index in [0.717, 1.165) is 16.8 Å². The van der Waals surface area contributed by atoms with Crippen molar-refractivity contribution in [1.82, 2.24) is 20.1 Å². The highest BCUT2D eigenvalue weighted by Crippen LogP contribution is 2.18. The van der Waals surface area contributed by atoms with Crippen LogP contribution in [0, 0.1) is 6.92 Å². The molecule has 9 heteroatoms. The number of nitrogens with one attached hydrogen (secondary N) is 2. The van der Waals surface area contributed by atoms with Gasteiger partial charge in [-0.2, -0.15) is 0 Å². The summed E-state index contributed by atoms with van der Waals surface area (Å²) < 4.78 is 1.75. The third kappa shape index (κ3) is 6.44. The van der Waals surface area contributed by atoms with Gasteiger partial charge < -0.3 is 15.2 Å². The fourth-order valence-electron chi connectivity index (χ4n) is 2.66. The molecule has 0 aliphatic carbocycles. The average molecular weight is 456 g/mol. The maximum absolute atomic E-state index is 12.2. The Balaban J connectivity index is 1.49. The summed E-state index contributed by atoms with van der Waals surface area (Å²) in [5, 5.41) is 15.0. The predicted molar refractivity (Wildman–Crippen MR) is 124 cm³/mol. The summed E-state index contributed by atoms with van der Waals surface area (Å²) in [6.45, 7) is 2.15. The number of halogens is 1. The topological polar surface area (TPSA) is 88.9 Å². The molecule has 0 aliphatic rings. The van der Waals surface area contributed by atoms with E-state index in [9.17, 15) is 9.59 Å². The molecular weight excluding hydrogens is 434 g/mol. The van der Waals surface area contributed by atoms with Gasteiger partial charge in [0.1, 0.15) is 0 Å². The van der Waals surface area contributed by atoms with Gasteiger partial charge in [-0.1, -0.05) is 59.8 Å². The molecule has 160 valence electrons. The van der Waals surface area contributed by atoms with E-state index in [4.69, 9.17) is 11.6 Å². The van der Waals surface area contributed by atoms with Crippen LogP contribution >= 0.6 is 23.4 Å². The minimum atomic E-state index is -0.269. The molecular formula is C22H22ClN5O2S. The van der Waals surface area contributed by atoms with Crippen molar-refractivity contribution in [2.24, 2.45) is 7.05 Å². The van der Waals surface area contributed by atoms with Crippen LogP contribution in [0.1, 0.15) is 17.0 Å². The number of aromatic nitrogens is 3. The lowest BCUT2D eigenvalue weighted by Gasteiger charge is -2.08. The standard InChI is InChI=1S/C22H22ClN5O2S/c1-15-7-3-6-10-18(15)25-21(30)14-31-22-27-26-19(28(22)2)13-24-20(29)12-11-16-8-4-5-9-17(16)23/h3-12H,13-14H2,1-2H3,(H,24,29)(H,25,30). The van der Waals surface area contributed by atoms with Crippen molar-refractivity contribution >= 4 is 46.9 Å². The number of para-hydroxylation sites is 1. The van der Waals surface area contributed by atoms with Crippen molar-refractivity contribution < 1.29 is 9.59 Å². The number of nitrogens with zero attached hydrogens (tertiary/aromatic N) is 3. The summed E-state index contributed by atoms with van der Waals surface area (Å²) in [6.07, 6.45) is 3.08. The maximum atomic E-state index is 12.2. The summed E-state index contributed by atoms with van der Waals surface area (Å²) in [6, 6.07) is 14.9. The first kappa shape index (κ1) is 22.6. The van der Waals surface area contributed by atoms with Gasteiger partial charge in [0, 0.05) is 23.8 Å². The molecule has 3 aromatic rings. The van der Waals surface area contributed by atoms with Crippen LogP contribution in [0.4, 0.5) is 5.69 Å². The smallest absolute Gasteiger partial charge is 0.244 e. The van der Waals surface area contributed by atoms with Gasteiger partial charge in [0.25, 0.3) is 0 Å². The zero-order valence-corrected chi connectivity index (χ0v) is 18.7. The van der Waals surface area contributed by atoms with Crippen LogP contribution in [-0.2, 0) is 23.2 Å². The second-order valence-corrected chi connectivity index (χ2v) is 8.03. The minimum Gasteiger partial charge on any atom is -0.345 e. The number of anilines is 1. The van der Waals surface area contributed by atoms with Gasteiger partial charge in [0.15, 0.2) is 11.0 Å². The monoisotopic (exact) mass is 455 g/mol. The van der Waals surface area contributed by atoms with Crippen LogP contribution in [0.25, 0.3) is 6.08 Å². The Bertz CT molecular complexity index is 1110. The number of hydrogen-bond donors (Lipinski definition) is 2. The first-order valence-electron chi connectivity index (χ1n) is 9.51. The highest BCUT2D eigenvalue weighted by Gasteiger charge is 2.12. The molecule has 0 fully saturated rings. The number of rotatable bonds is 8. The van der Waals surface area contributed by atoms with Crippen molar-refractivity contribution in [3.8, 4) is 0 Å². The second kappa shape index (κ2) is 10.8. The lowest BCUT2D eigenvalue weighted by Crippen LogP contribution is -2.22. The Morgan fingerprint density at radius 3 is 2.65 bits per heavy atom. The van der Waals surface area contributed by atoms with Crippen molar-refractivity contribution in [3.05, 3.63) is 76.6 Å². The lowest BCUT2D eigenvalue weighted by molar-refractivity contribution is -0.116. The largest absolute Gasteiger partial charge is 0.345 e. The van der Waals surface area contributed by atoms with Gasteiger partial charge in [-0.15, -0.1) is 10.2 Å². The number of thioether (sulfide) groups is 1. The number of carbonyl (C=O) groups excluding carboxylic acids is 2. The number of benzene rings is 2. The summed E-state index contributed by atoms with van der Waals surface area (Å²) in [4.78, 5) is 24.3. The average Bonchev–Trinajstić information content (AvgIpc) is 3.11. The number of aryl methyl sites for hydroxylation is 1. The maximum Gasteiger partial charge on any atom is 0.244 e. The zero-order chi connectivity index (χ0) is 22.2. The molecule has 0 saturated carbocycles. The van der Waals surface area contributed by atoms with Crippen LogP contribution in [0.5, 0.6) is 0 Å². The zero-order valence-electron chi connectivity index (χ0n) is 17.1. The van der Waals surface area contributed by atoms with Crippen LogP contribution in [0.15, 0.2) is 59.8 Å². The molecule has 7 nitrogen and oxygen atoms in total. The minimum absolute atomic E-state index is 0.123. The van der Waals surface area contributed by atoms with E-state index in [0.29, 0.717) is 16.0 Å². The highest BCUT2D eigenvalue weighted by atomic mass is 35.5. The number of carbonyl (C=O) groups is 2. The quantitative estimate of drug-likeness (QED) is 0.398. The van der Waals surface area contributed by atoms with Crippen LogP contribution in [-0.4, -0.2) is 32.3 Å². The molecule has 0 bridgehead atoms. The van der Waals surface area contributed by atoms with E-state index < -0.39 is 0 Å². The molecule has 0 unspecified atom stereocenters. The van der Waals surface area contributed by atoms with Crippen molar-refractivity contribution in [3.63, 3.8) is 0 Å². The molecule has 0 spiro atoms. The molecule has 31 heavy (non-hydrogen) atoms. The highest BCUT2D eigenvalue weighted by molar-refractivity contribution is 7.99. The molecule has 1 aromatic heterocycles. The Hall–Kier alpha value is -3.10. The number of amides is 2. The van der Waals surface area contributed by atoms with Crippen LogP contribution in [0.3, 0.4) is 0 Å². The van der Waals surface area contributed by atoms with E-state index in [1.807, 2.05) is 49.4 Å². The van der Waals surface area contributed by atoms with E-state index in [1.54, 1.807) is 23.8 Å². The van der Waals surface area contributed by atoms with Crippen molar-refractivity contribution in [2.45, 2.75) is 18.6 Å². The fraction of sp³-hybridized carbons (Fsp3) is 0.182. The van der Waals surface area contributed by atoms with Crippen LogP contribution < -0.4 is 10.6 Å². The Labute approximate surface area is 189 Å². The fourth-order valence-corrected chi connectivity index (χ4v) is 3.58. The molecule has 3 rings (SSSR count). The number of hydrogen-bond acceptors (Lipinski definition) is 5.